The molecule has 1 N–H and O–H groups in total. The van der Waals surface area contributed by atoms with Gasteiger partial charge in [-0.15, -0.1) is 24.9 Å². The van der Waals surface area contributed by atoms with Crippen molar-refractivity contribution in [3.8, 4) is 0 Å². The number of carbonyl (C=O) groups excluding carboxylic acids is 3. The molecule has 3 fully saturated rings. The van der Waals surface area contributed by atoms with Gasteiger partial charge in [0.1, 0.15) is 6.04 Å². The van der Waals surface area contributed by atoms with E-state index in [0.29, 0.717) is 32.5 Å². The quantitative estimate of drug-likeness (QED) is 0.184. The van der Waals surface area contributed by atoms with Crippen LogP contribution in [0.25, 0.3) is 0 Å². The third-order valence-electron chi connectivity index (χ3n) is 8.66. The molecule has 2 bridgehead atoms. The van der Waals surface area contributed by atoms with Crippen molar-refractivity contribution in [2.75, 3.05) is 31.1 Å². The first kappa shape index (κ1) is 30.8. The van der Waals surface area contributed by atoms with Crippen LogP contribution in [0, 0.1) is 11.8 Å². The highest BCUT2D eigenvalue weighted by atomic mass is 79.9. The number of aliphatic hydroxyl groups excluding tert-OH is 1. The number of benzene rings is 1. The molecule has 7 atom stereocenters. The Bertz CT molecular complexity index is 1100. The minimum Gasteiger partial charge on any atom is -0.394 e. The zero-order valence-electron chi connectivity index (χ0n) is 23.6. The molecule has 1 aromatic carbocycles. The van der Waals surface area contributed by atoms with Gasteiger partial charge in [-0.1, -0.05) is 73.0 Å². The molecule has 1 aromatic rings. The normalized spacial score (nSPS) is 29.2. The third kappa shape index (κ3) is 5.29. The van der Waals surface area contributed by atoms with Crippen molar-refractivity contribution in [1.29, 1.82) is 0 Å². The van der Waals surface area contributed by atoms with Crippen LogP contribution in [0.2, 0.25) is 0 Å². The molecule has 0 saturated carbocycles. The lowest BCUT2D eigenvalue weighted by atomic mass is 9.70. The molecule has 3 aliphatic rings. The second kappa shape index (κ2) is 13.3. The molecule has 0 aliphatic carbocycles. The first-order chi connectivity index (χ1) is 19.3. The molecule has 40 heavy (non-hydrogen) atoms. The molecular weight excluding hydrogens is 590 g/mol. The van der Waals surface area contributed by atoms with E-state index in [2.05, 4.69) is 36.0 Å². The van der Waals surface area contributed by atoms with Gasteiger partial charge in [0.25, 0.3) is 0 Å². The smallest absolute Gasteiger partial charge is 0.247 e. The fourth-order valence-electron chi connectivity index (χ4n) is 6.85. The molecule has 0 aromatic heterocycles. The number of para-hydroxylation sites is 1. The SMILES string of the molecule is C=CCN(CCCCC)C(=O)C1N([C@@H](CC)CO)C(=O)[C@@H]2[C@@H](C(=O)N(CC=C)c3ccccc3)[C@@H]3SC12CC3Br. The number of hydrogen-bond acceptors (Lipinski definition) is 5. The van der Waals surface area contributed by atoms with E-state index in [4.69, 9.17) is 0 Å². The standard InChI is InChI=1S/C31H42BrN3O4S/c1-5-9-13-18-33(16-6-2)30(39)27-31-19-23(32)26(40-31)24(25(31)29(38)35(27)21(8-4)20-36)28(37)34(17-7-3)22-14-11-10-12-15-22/h6-7,10-12,14-15,21,23-27,36H,2-3,5,8-9,13,16-20H2,1,4H3/t21-,23?,24+,25-,26+,27?,31?/m0/s1. The van der Waals surface area contributed by atoms with E-state index in [0.717, 1.165) is 24.9 Å². The van der Waals surface area contributed by atoms with Gasteiger partial charge in [-0.05, 0) is 31.4 Å². The van der Waals surface area contributed by atoms with E-state index in [1.807, 2.05) is 42.2 Å². The van der Waals surface area contributed by atoms with Crippen LogP contribution in [0.4, 0.5) is 5.69 Å². The van der Waals surface area contributed by atoms with Gasteiger partial charge in [0, 0.05) is 35.4 Å². The Morgan fingerprint density at radius 2 is 1.88 bits per heavy atom. The van der Waals surface area contributed by atoms with Crippen LogP contribution in [-0.4, -0.2) is 85.8 Å². The van der Waals surface area contributed by atoms with Gasteiger partial charge in [0.05, 0.1) is 29.2 Å². The second-order valence-electron chi connectivity index (χ2n) is 11.0. The van der Waals surface area contributed by atoms with Gasteiger partial charge in [0.2, 0.25) is 17.7 Å². The number of rotatable bonds is 14. The lowest BCUT2D eigenvalue weighted by molar-refractivity contribution is -0.145. The largest absolute Gasteiger partial charge is 0.394 e. The Balaban J connectivity index is 1.78. The Hall–Kier alpha value is -2.10. The molecule has 9 heteroatoms. The molecule has 7 nitrogen and oxygen atoms in total. The Labute approximate surface area is 251 Å². The Kier molecular flexibility index (Phi) is 10.2. The van der Waals surface area contributed by atoms with E-state index < -0.39 is 28.7 Å². The summed E-state index contributed by atoms with van der Waals surface area (Å²) in [6.45, 7) is 12.9. The number of unbranched alkanes of at least 4 members (excludes halogenated alkanes) is 2. The molecule has 3 saturated heterocycles. The number of aliphatic hydroxyl groups is 1. The maximum absolute atomic E-state index is 14.5. The molecule has 0 radical (unpaired) electrons. The predicted octanol–water partition coefficient (Wildman–Crippen LogP) is 4.65. The van der Waals surface area contributed by atoms with E-state index in [9.17, 15) is 19.5 Å². The number of hydrogen-bond donors (Lipinski definition) is 1. The van der Waals surface area contributed by atoms with Gasteiger partial charge in [-0.3, -0.25) is 14.4 Å². The Morgan fingerprint density at radius 1 is 1.18 bits per heavy atom. The maximum atomic E-state index is 14.5. The van der Waals surface area contributed by atoms with Gasteiger partial charge >= 0.3 is 0 Å². The summed E-state index contributed by atoms with van der Waals surface area (Å²) < 4.78 is -0.753. The molecule has 3 aliphatic heterocycles. The first-order valence-electron chi connectivity index (χ1n) is 14.4. The summed E-state index contributed by atoms with van der Waals surface area (Å²) >= 11 is 5.49. The van der Waals surface area contributed by atoms with Gasteiger partial charge in [0.15, 0.2) is 0 Å². The average molecular weight is 633 g/mol. The lowest BCUT2D eigenvalue weighted by Gasteiger charge is -2.40. The summed E-state index contributed by atoms with van der Waals surface area (Å²) in [6, 6.07) is 8.22. The number of carbonyl (C=O) groups is 3. The van der Waals surface area contributed by atoms with Gasteiger partial charge < -0.3 is 19.8 Å². The predicted molar refractivity (Wildman–Crippen MR) is 166 cm³/mol. The van der Waals surface area contributed by atoms with Crippen molar-refractivity contribution >= 4 is 51.1 Å². The fourth-order valence-corrected chi connectivity index (χ4v) is 10.4. The van der Waals surface area contributed by atoms with Crippen molar-refractivity contribution in [3.05, 3.63) is 55.6 Å². The topological polar surface area (TPSA) is 81.2 Å². The summed E-state index contributed by atoms with van der Waals surface area (Å²) in [5.74, 6) is -1.66. The number of nitrogens with zero attached hydrogens (tertiary/aromatic N) is 3. The minimum absolute atomic E-state index is 0.0192. The number of thioether (sulfide) groups is 1. The van der Waals surface area contributed by atoms with E-state index in [-0.39, 0.29) is 34.4 Å². The third-order valence-corrected chi connectivity index (χ3v) is 11.9. The number of likely N-dealkylation sites (tertiary alicyclic amines) is 1. The second-order valence-corrected chi connectivity index (χ2v) is 13.7. The van der Waals surface area contributed by atoms with Crippen molar-refractivity contribution < 1.29 is 19.5 Å². The number of fused-ring (bicyclic) bond motifs is 1. The molecule has 3 unspecified atom stereocenters. The summed E-state index contributed by atoms with van der Waals surface area (Å²) in [7, 11) is 0. The van der Waals surface area contributed by atoms with Crippen molar-refractivity contribution in [2.45, 2.75) is 72.9 Å². The van der Waals surface area contributed by atoms with Crippen molar-refractivity contribution in [3.63, 3.8) is 0 Å². The Morgan fingerprint density at radius 3 is 2.48 bits per heavy atom. The fraction of sp³-hybridized carbons (Fsp3) is 0.581. The highest BCUT2D eigenvalue weighted by Gasteiger charge is 2.76. The minimum atomic E-state index is -0.753. The van der Waals surface area contributed by atoms with Crippen LogP contribution in [0.15, 0.2) is 55.6 Å². The lowest BCUT2D eigenvalue weighted by Crippen LogP contribution is -2.58. The number of anilines is 1. The zero-order chi connectivity index (χ0) is 29.0. The maximum Gasteiger partial charge on any atom is 0.247 e. The molecule has 4 rings (SSSR count). The molecular formula is C31H42BrN3O4S. The zero-order valence-corrected chi connectivity index (χ0v) is 26.0. The van der Waals surface area contributed by atoms with Crippen LogP contribution in [-0.2, 0) is 14.4 Å². The average Bonchev–Trinajstić information content (AvgIpc) is 3.55. The monoisotopic (exact) mass is 631 g/mol. The highest BCUT2D eigenvalue weighted by Crippen LogP contribution is 2.68. The molecule has 1 spiro atoms. The van der Waals surface area contributed by atoms with E-state index in [1.165, 1.54) is 0 Å². The summed E-state index contributed by atoms with van der Waals surface area (Å²) in [5.41, 5.74) is 0.755. The number of halogens is 1. The van der Waals surface area contributed by atoms with Crippen molar-refractivity contribution in [1.82, 2.24) is 9.80 Å². The van der Waals surface area contributed by atoms with Crippen LogP contribution < -0.4 is 4.90 Å². The van der Waals surface area contributed by atoms with Crippen molar-refractivity contribution in [2.24, 2.45) is 11.8 Å². The summed E-state index contributed by atoms with van der Waals surface area (Å²) in [4.78, 5) is 48.4. The van der Waals surface area contributed by atoms with Gasteiger partial charge in [-0.2, -0.15) is 0 Å². The first-order valence-corrected chi connectivity index (χ1v) is 16.2. The van der Waals surface area contributed by atoms with Crippen LogP contribution in [0.5, 0.6) is 0 Å². The molecule has 218 valence electrons. The van der Waals surface area contributed by atoms with Crippen LogP contribution >= 0.6 is 27.7 Å². The van der Waals surface area contributed by atoms with E-state index in [1.54, 1.807) is 33.7 Å². The number of amides is 3. The summed E-state index contributed by atoms with van der Waals surface area (Å²) in [6.07, 6.45) is 7.47. The molecule has 3 amide bonds. The summed E-state index contributed by atoms with van der Waals surface area (Å²) in [5, 5.41) is 10.2. The van der Waals surface area contributed by atoms with Crippen LogP contribution in [0.1, 0.15) is 46.0 Å². The van der Waals surface area contributed by atoms with Crippen LogP contribution in [0.3, 0.4) is 0 Å². The van der Waals surface area contributed by atoms with E-state index >= 15 is 0 Å². The number of alkyl halides is 1. The highest BCUT2D eigenvalue weighted by molar-refractivity contribution is 9.09. The molecule has 3 heterocycles. The van der Waals surface area contributed by atoms with Gasteiger partial charge in [-0.25, -0.2) is 0 Å².